The van der Waals surface area contributed by atoms with Gasteiger partial charge in [-0.1, -0.05) is 26.7 Å². The van der Waals surface area contributed by atoms with Crippen molar-refractivity contribution < 1.29 is 4.48 Å². The van der Waals surface area contributed by atoms with E-state index < -0.39 is 0 Å². The van der Waals surface area contributed by atoms with Gasteiger partial charge in [-0.05, 0) is 12.3 Å². The van der Waals surface area contributed by atoms with Gasteiger partial charge >= 0.3 is 0 Å². The zero-order chi connectivity index (χ0) is 7.11. The Balaban J connectivity index is 2.75. The maximum absolute atomic E-state index is 11.3. The number of rotatable bonds is 5. The summed E-state index contributed by atoms with van der Waals surface area (Å²) in [4.78, 5) is 0. The van der Waals surface area contributed by atoms with Crippen LogP contribution in [0.3, 0.4) is 0 Å². The van der Waals surface area contributed by atoms with Crippen LogP contribution in [0.2, 0.25) is 0 Å². The van der Waals surface area contributed by atoms with Crippen LogP contribution in [0.25, 0.3) is 0 Å². The summed E-state index contributed by atoms with van der Waals surface area (Å²) in [5.74, 6) is 0.754. The second kappa shape index (κ2) is 6.02. The number of hydrogen-bond acceptors (Lipinski definition) is 1. The number of nitrogens with one attached hydrogen (secondary N) is 1. The third kappa shape index (κ3) is 7.89. The van der Waals surface area contributed by atoms with E-state index in [1.807, 2.05) is 0 Å². The minimum absolute atomic E-state index is 0.507. The Hall–Kier alpha value is -0.110. The summed E-state index contributed by atoms with van der Waals surface area (Å²) >= 11 is 0. The fraction of sp³-hybridized carbons (Fsp3) is 1.00. The van der Waals surface area contributed by atoms with Crippen molar-refractivity contribution in [2.24, 2.45) is 5.92 Å². The highest BCUT2D eigenvalue weighted by Gasteiger charge is 1.92. The molecule has 0 bridgehead atoms. The summed E-state index contributed by atoms with van der Waals surface area (Å²) in [6.07, 6.45) is 3.30. The van der Waals surface area contributed by atoms with Gasteiger partial charge in [-0.2, -0.15) is 5.54 Å². The van der Waals surface area contributed by atoms with E-state index in [0.29, 0.717) is 6.54 Å². The molecule has 0 aromatic rings. The minimum Gasteiger partial charge on any atom is -0.159 e. The molecule has 56 valence electrons. The van der Waals surface area contributed by atoms with Crippen molar-refractivity contribution in [3.63, 3.8) is 0 Å². The van der Waals surface area contributed by atoms with Gasteiger partial charge in [-0.3, -0.25) is 0 Å². The molecule has 0 saturated carbocycles. The molecular weight excluding hydrogens is 117 g/mol. The molecule has 2 heteroatoms. The summed E-state index contributed by atoms with van der Waals surface area (Å²) in [5.41, 5.74) is 1.64. The average molecular weight is 133 g/mol. The van der Waals surface area contributed by atoms with Crippen LogP contribution in [0.15, 0.2) is 0 Å². The van der Waals surface area contributed by atoms with Gasteiger partial charge in [0.2, 0.25) is 0 Å². The first-order valence-corrected chi connectivity index (χ1v) is 3.61. The molecule has 0 aromatic carbocycles. The Morgan fingerprint density at radius 1 is 1.33 bits per heavy atom. The average Bonchev–Trinajstić information content (AvgIpc) is 1.80. The lowest BCUT2D eigenvalue weighted by Gasteiger charge is -2.01. The van der Waals surface area contributed by atoms with Crippen LogP contribution < -0.4 is 5.54 Å². The van der Waals surface area contributed by atoms with Crippen LogP contribution in [0.5, 0.6) is 0 Å². The molecule has 0 rings (SSSR count). The number of halogens is 1. The van der Waals surface area contributed by atoms with Crippen LogP contribution in [-0.2, 0) is 0 Å². The van der Waals surface area contributed by atoms with E-state index in [1.54, 1.807) is 5.54 Å². The van der Waals surface area contributed by atoms with Crippen molar-refractivity contribution in [1.82, 2.24) is 5.54 Å². The van der Waals surface area contributed by atoms with Gasteiger partial charge in [0.1, 0.15) is 0 Å². The van der Waals surface area contributed by atoms with E-state index in [2.05, 4.69) is 13.8 Å². The summed E-state index contributed by atoms with van der Waals surface area (Å²) < 4.78 is 11.3. The summed E-state index contributed by atoms with van der Waals surface area (Å²) in [5, 5.41) is 0. The molecule has 0 saturated heterocycles. The van der Waals surface area contributed by atoms with E-state index in [9.17, 15) is 4.48 Å². The number of unbranched alkanes of at least 4 members (excludes halogenated alkanes) is 1. The molecule has 9 heavy (non-hydrogen) atoms. The molecule has 0 amide bonds. The Bertz CT molecular complexity index is 54.9. The molecule has 1 N–H and O–H groups in total. The normalized spacial score (nSPS) is 10.7. The van der Waals surface area contributed by atoms with E-state index in [4.69, 9.17) is 0 Å². The Labute approximate surface area is 56.6 Å². The molecule has 1 nitrogen and oxygen atoms in total. The predicted octanol–water partition coefficient (Wildman–Crippen LogP) is 2.29. The van der Waals surface area contributed by atoms with Gasteiger partial charge in [-0.25, -0.2) is 0 Å². The van der Waals surface area contributed by atoms with Crippen molar-refractivity contribution >= 4 is 0 Å². The lowest BCUT2D eigenvalue weighted by atomic mass is 10.1. The molecule has 0 radical (unpaired) electrons. The highest BCUT2D eigenvalue weighted by Crippen LogP contribution is 2.04. The van der Waals surface area contributed by atoms with Crippen molar-refractivity contribution in [3.05, 3.63) is 0 Å². The van der Waals surface area contributed by atoms with Crippen LogP contribution in [-0.4, -0.2) is 6.54 Å². The molecular formula is C7H16FN. The SMILES string of the molecule is CC(C)CCCCNF. The van der Waals surface area contributed by atoms with Crippen molar-refractivity contribution in [2.75, 3.05) is 6.54 Å². The first-order chi connectivity index (χ1) is 4.27. The molecule has 0 aliphatic carbocycles. The zero-order valence-corrected chi connectivity index (χ0v) is 6.28. The van der Waals surface area contributed by atoms with Crippen LogP contribution in [0.1, 0.15) is 33.1 Å². The van der Waals surface area contributed by atoms with E-state index in [-0.39, 0.29) is 0 Å². The van der Waals surface area contributed by atoms with Crippen LogP contribution >= 0.6 is 0 Å². The molecule has 0 heterocycles. The second-order valence-corrected chi connectivity index (χ2v) is 2.77. The highest BCUT2D eigenvalue weighted by molar-refractivity contribution is 4.46. The van der Waals surface area contributed by atoms with Gasteiger partial charge in [-0.15, -0.1) is 4.48 Å². The monoisotopic (exact) mass is 133 g/mol. The van der Waals surface area contributed by atoms with Crippen molar-refractivity contribution in [1.29, 1.82) is 0 Å². The third-order valence-corrected chi connectivity index (χ3v) is 1.30. The van der Waals surface area contributed by atoms with E-state index >= 15 is 0 Å². The van der Waals surface area contributed by atoms with Crippen molar-refractivity contribution in [2.45, 2.75) is 33.1 Å². The number of hydrogen-bond donors (Lipinski definition) is 1. The molecule has 0 aliphatic heterocycles. The Morgan fingerprint density at radius 2 is 2.00 bits per heavy atom. The predicted molar refractivity (Wildman–Crippen MR) is 37.8 cm³/mol. The fourth-order valence-electron chi connectivity index (χ4n) is 0.744. The van der Waals surface area contributed by atoms with Crippen LogP contribution in [0.4, 0.5) is 4.48 Å². The highest BCUT2D eigenvalue weighted by atomic mass is 19.2. The van der Waals surface area contributed by atoms with Gasteiger partial charge in [0, 0.05) is 6.54 Å². The smallest absolute Gasteiger partial charge is 0.0259 e. The lowest BCUT2D eigenvalue weighted by Crippen LogP contribution is -2.02. The van der Waals surface area contributed by atoms with Gasteiger partial charge in [0.05, 0.1) is 0 Å². The molecule has 0 aliphatic rings. The largest absolute Gasteiger partial charge is 0.159 e. The quantitative estimate of drug-likeness (QED) is 0.448. The Morgan fingerprint density at radius 3 is 2.44 bits per heavy atom. The Kier molecular flexibility index (Phi) is 5.94. The van der Waals surface area contributed by atoms with E-state index in [0.717, 1.165) is 18.8 Å². The van der Waals surface area contributed by atoms with Gasteiger partial charge < -0.3 is 0 Å². The summed E-state index contributed by atoms with van der Waals surface area (Å²) in [6.45, 7) is 4.87. The van der Waals surface area contributed by atoms with E-state index in [1.165, 1.54) is 6.42 Å². The molecule has 0 atom stereocenters. The second-order valence-electron chi connectivity index (χ2n) is 2.77. The maximum Gasteiger partial charge on any atom is 0.0259 e. The standard InChI is InChI=1S/C7H16FN/c1-7(2)5-3-4-6-9-8/h7,9H,3-6H2,1-2H3. The first kappa shape index (κ1) is 8.89. The maximum atomic E-state index is 11.3. The molecule has 0 fully saturated rings. The summed E-state index contributed by atoms with van der Waals surface area (Å²) in [6, 6.07) is 0. The molecule has 0 unspecified atom stereocenters. The third-order valence-electron chi connectivity index (χ3n) is 1.30. The topological polar surface area (TPSA) is 12.0 Å². The first-order valence-electron chi connectivity index (χ1n) is 3.61. The van der Waals surface area contributed by atoms with Crippen molar-refractivity contribution in [3.8, 4) is 0 Å². The van der Waals surface area contributed by atoms with Crippen LogP contribution in [0, 0.1) is 5.92 Å². The minimum atomic E-state index is 0.507. The van der Waals surface area contributed by atoms with Gasteiger partial charge in [0.15, 0.2) is 0 Å². The summed E-state index contributed by atoms with van der Waals surface area (Å²) in [7, 11) is 0. The lowest BCUT2D eigenvalue weighted by molar-refractivity contribution is 0.325. The molecule has 0 spiro atoms. The molecule has 0 aromatic heterocycles. The zero-order valence-electron chi connectivity index (χ0n) is 6.28. The van der Waals surface area contributed by atoms with Gasteiger partial charge in [0.25, 0.3) is 0 Å². The fourth-order valence-corrected chi connectivity index (χ4v) is 0.744.